The molecular weight excluding hydrogens is 517 g/mol. The minimum atomic E-state index is -3.92. The maximum Gasteiger partial charge on any atom is 0.257 e. The van der Waals surface area contributed by atoms with E-state index in [4.69, 9.17) is 33.7 Å². The fraction of sp³-hybridized carbons (Fsp3) is 0.182. The lowest BCUT2D eigenvalue weighted by Crippen LogP contribution is -2.32. The number of halogens is 2. The maximum absolute atomic E-state index is 12.9. The van der Waals surface area contributed by atoms with Crippen LogP contribution in [0.4, 0.5) is 5.13 Å². The molecule has 0 aliphatic heterocycles. The SMILES string of the molecule is N#CCCN(CCC#N)S(=O)(=O)c1ccc(C(=O)Nc2nc(-c3cc(Cl)ccc3Cl)cs2)cc1. The summed E-state index contributed by atoms with van der Waals surface area (Å²) in [5, 5.41) is 23.3. The molecule has 34 heavy (non-hydrogen) atoms. The summed E-state index contributed by atoms with van der Waals surface area (Å²) in [6.45, 7) is -0.0441. The molecule has 0 saturated carbocycles. The van der Waals surface area contributed by atoms with Crippen molar-refractivity contribution in [2.24, 2.45) is 0 Å². The average Bonchev–Trinajstić information content (AvgIpc) is 3.28. The van der Waals surface area contributed by atoms with Crippen LogP contribution in [-0.2, 0) is 10.0 Å². The van der Waals surface area contributed by atoms with Crippen molar-refractivity contribution in [3.05, 3.63) is 63.5 Å². The molecule has 3 aromatic rings. The third-order valence-corrected chi connectivity index (χ3v) is 7.86. The van der Waals surface area contributed by atoms with Gasteiger partial charge in [0.05, 0.1) is 27.8 Å². The van der Waals surface area contributed by atoms with Crippen LogP contribution in [0.1, 0.15) is 23.2 Å². The van der Waals surface area contributed by atoms with Crippen molar-refractivity contribution in [3.63, 3.8) is 0 Å². The Morgan fingerprint density at radius 1 is 1.06 bits per heavy atom. The Kier molecular flexibility index (Phi) is 8.61. The summed E-state index contributed by atoms with van der Waals surface area (Å²) in [6.07, 6.45) is 0.00268. The van der Waals surface area contributed by atoms with E-state index in [9.17, 15) is 13.2 Å². The first-order chi connectivity index (χ1) is 16.3. The number of carbonyl (C=O) groups is 1. The van der Waals surface area contributed by atoms with Gasteiger partial charge >= 0.3 is 0 Å². The predicted octanol–water partition coefficient (Wildman–Crippen LogP) is 5.19. The van der Waals surface area contributed by atoms with Gasteiger partial charge in [0.1, 0.15) is 0 Å². The quantitative estimate of drug-likeness (QED) is 0.403. The average molecular weight is 534 g/mol. The molecule has 0 spiro atoms. The van der Waals surface area contributed by atoms with Crippen molar-refractivity contribution in [3.8, 4) is 23.4 Å². The van der Waals surface area contributed by atoms with Gasteiger partial charge in [0.2, 0.25) is 10.0 Å². The molecule has 0 bridgehead atoms. The molecule has 1 aromatic heterocycles. The summed E-state index contributed by atoms with van der Waals surface area (Å²) in [7, 11) is -3.92. The first kappa shape index (κ1) is 25.6. The van der Waals surface area contributed by atoms with Crippen LogP contribution in [-0.4, -0.2) is 36.7 Å². The molecule has 0 unspecified atom stereocenters. The van der Waals surface area contributed by atoms with E-state index < -0.39 is 15.9 Å². The highest BCUT2D eigenvalue weighted by atomic mass is 35.5. The number of sulfonamides is 1. The second-order valence-corrected chi connectivity index (χ2v) is 10.5. The van der Waals surface area contributed by atoms with Crippen LogP contribution in [0.25, 0.3) is 11.3 Å². The molecule has 0 aliphatic carbocycles. The minimum absolute atomic E-state index is 0.00134. The van der Waals surface area contributed by atoms with Crippen molar-refractivity contribution in [2.75, 3.05) is 18.4 Å². The van der Waals surface area contributed by atoms with Gasteiger partial charge in [-0.3, -0.25) is 10.1 Å². The molecule has 8 nitrogen and oxygen atoms in total. The number of aromatic nitrogens is 1. The Hall–Kier alpha value is -2.99. The first-order valence-corrected chi connectivity index (χ1v) is 12.9. The highest BCUT2D eigenvalue weighted by molar-refractivity contribution is 7.89. The highest BCUT2D eigenvalue weighted by Gasteiger charge is 2.24. The van der Waals surface area contributed by atoms with Gasteiger partial charge in [-0.2, -0.15) is 14.8 Å². The third kappa shape index (κ3) is 6.11. The standard InChI is InChI=1S/C22H17Cl2N5O3S2/c23-16-5-8-19(24)18(13-16)20-14-33-22(27-20)28-21(30)15-3-6-17(7-4-15)34(31,32)29(11-1-9-25)12-2-10-26/h3-8,13-14H,1-2,11-12H2,(H,27,28,30). The zero-order valence-corrected chi connectivity index (χ0v) is 20.7. The number of hydrogen-bond acceptors (Lipinski definition) is 7. The van der Waals surface area contributed by atoms with E-state index in [1.807, 2.05) is 12.1 Å². The zero-order chi connectivity index (χ0) is 24.7. The molecule has 1 N–H and O–H groups in total. The number of nitrogens with zero attached hydrogens (tertiary/aromatic N) is 4. The van der Waals surface area contributed by atoms with Crippen LogP contribution >= 0.6 is 34.5 Å². The van der Waals surface area contributed by atoms with Gasteiger partial charge in [-0.15, -0.1) is 11.3 Å². The Bertz CT molecular complexity index is 1360. The number of amides is 1. The van der Waals surface area contributed by atoms with Gasteiger partial charge in [-0.25, -0.2) is 13.4 Å². The lowest BCUT2D eigenvalue weighted by atomic mass is 10.2. The van der Waals surface area contributed by atoms with Gasteiger partial charge < -0.3 is 0 Å². The van der Waals surface area contributed by atoms with E-state index in [0.29, 0.717) is 26.4 Å². The zero-order valence-electron chi connectivity index (χ0n) is 17.5. The molecule has 0 atom stereocenters. The van der Waals surface area contributed by atoms with Crippen molar-refractivity contribution < 1.29 is 13.2 Å². The van der Waals surface area contributed by atoms with Crippen LogP contribution < -0.4 is 5.32 Å². The monoisotopic (exact) mass is 533 g/mol. The van der Waals surface area contributed by atoms with Crippen LogP contribution in [0.3, 0.4) is 0 Å². The Balaban J connectivity index is 1.74. The smallest absolute Gasteiger partial charge is 0.257 e. The lowest BCUT2D eigenvalue weighted by molar-refractivity contribution is 0.102. The molecule has 3 rings (SSSR count). The molecule has 1 amide bonds. The van der Waals surface area contributed by atoms with Gasteiger partial charge in [0, 0.05) is 47.5 Å². The molecule has 0 aliphatic rings. The van der Waals surface area contributed by atoms with Crippen LogP contribution in [0.5, 0.6) is 0 Å². The first-order valence-electron chi connectivity index (χ1n) is 9.82. The van der Waals surface area contributed by atoms with Crippen LogP contribution in [0, 0.1) is 22.7 Å². The second-order valence-electron chi connectivity index (χ2n) is 6.86. The predicted molar refractivity (Wildman–Crippen MR) is 131 cm³/mol. The summed E-state index contributed by atoms with van der Waals surface area (Å²) in [5.74, 6) is -0.465. The van der Waals surface area contributed by atoms with E-state index >= 15 is 0 Å². The molecule has 0 radical (unpaired) electrons. The van der Waals surface area contributed by atoms with Crippen LogP contribution in [0.2, 0.25) is 10.0 Å². The van der Waals surface area contributed by atoms with E-state index in [1.165, 1.54) is 35.6 Å². The largest absolute Gasteiger partial charge is 0.298 e. The van der Waals surface area contributed by atoms with Crippen molar-refractivity contribution >= 4 is 55.6 Å². The van der Waals surface area contributed by atoms with E-state index in [-0.39, 0.29) is 36.4 Å². The molecule has 12 heteroatoms. The minimum Gasteiger partial charge on any atom is -0.298 e. The number of rotatable bonds is 9. The molecule has 1 heterocycles. The van der Waals surface area contributed by atoms with E-state index in [2.05, 4.69) is 10.3 Å². The van der Waals surface area contributed by atoms with E-state index in [0.717, 1.165) is 4.31 Å². The molecular formula is C22H17Cl2N5O3S2. The van der Waals surface area contributed by atoms with E-state index in [1.54, 1.807) is 23.6 Å². The highest BCUT2D eigenvalue weighted by Crippen LogP contribution is 2.32. The molecule has 0 fully saturated rings. The summed E-state index contributed by atoms with van der Waals surface area (Å²) < 4.78 is 26.9. The second kappa shape index (κ2) is 11.4. The summed E-state index contributed by atoms with van der Waals surface area (Å²) in [5.41, 5.74) is 1.43. The number of nitrogens with one attached hydrogen (secondary N) is 1. The maximum atomic E-state index is 12.9. The topological polar surface area (TPSA) is 127 Å². The van der Waals surface area contributed by atoms with Crippen LogP contribution in [0.15, 0.2) is 52.7 Å². The normalized spacial score (nSPS) is 11.1. The fourth-order valence-electron chi connectivity index (χ4n) is 2.95. The summed E-state index contributed by atoms with van der Waals surface area (Å²) in [6, 6.07) is 14.2. The number of nitriles is 2. The number of hydrogen-bond donors (Lipinski definition) is 1. The van der Waals surface area contributed by atoms with Gasteiger partial charge in [0.25, 0.3) is 5.91 Å². The van der Waals surface area contributed by atoms with Gasteiger partial charge in [0.15, 0.2) is 5.13 Å². The Morgan fingerprint density at radius 2 is 1.71 bits per heavy atom. The van der Waals surface area contributed by atoms with Gasteiger partial charge in [-0.05, 0) is 42.5 Å². The number of thiazole rings is 1. The van der Waals surface area contributed by atoms with Gasteiger partial charge in [-0.1, -0.05) is 23.2 Å². The summed E-state index contributed by atoms with van der Waals surface area (Å²) >= 11 is 13.4. The Labute approximate surface area is 211 Å². The van der Waals surface area contributed by atoms with Crippen molar-refractivity contribution in [1.29, 1.82) is 10.5 Å². The molecule has 0 saturated heterocycles. The Morgan fingerprint density at radius 3 is 2.32 bits per heavy atom. The lowest BCUT2D eigenvalue weighted by Gasteiger charge is -2.20. The number of benzene rings is 2. The van der Waals surface area contributed by atoms with Crippen molar-refractivity contribution in [2.45, 2.75) is 17.7 Å². The third-order valence-electron chi connectivity index (χ3n) is 4.63. The fourth-order valence-corrected chi connectivity index (χ4v) is 5.48. The number of anilines is 1. The molecule has 2 aromatic carbocycles. The van der Waals surface area contributed by atoms with Crippen molar-refractivity contribution in [1.82, 2.24) is 9.29 Å². The number of carbonyl (C=O) groups excluding carboxylic acids is 1. The summed E-state index contributed by atoms with van der Waals surface area (Å²) in [4.78, 5) is 17.0. The molecule has 174 valence electrons.